The van der Waals surface area contributed by atoms with Crippen molar-refractivity contribution in [3.05, 3.63) is 36.0 Å². The molecular formula is C15H11F3N2OS2. The normalized spacial score (nSPS) is 11.9. The van der Waals surface area contributed by atoms with Crippen LogP contribution < -0.4 is 4.74 Å². The van der Waals surface area contributed by atoms with Crippen LogP contribution in [0.3, 0.4) is 0 Å². The number of thiophene rings is 1. The molecule has 0 radical (unpaired) electrons. The summed E-state index contributed by atoms with van der Waals surface area (Å²) in [7, 11) is 1.55. The quantitative estimate of drug-likeness (QED) is 0.483. The zero-order chi connectivity index (χ0) is 16.6. The Kier molecular flexibility index (Phi) is 4.20. The van der Waals surface area contributed by atoms with E-state index >= 15 is 0 Å². The number of benzene rings is 1. The molecule has 1 aromatic carbocycles. The monoisotopic (exact) mass is 356 g/mol. The second-order valence-electron chi connectivity index (χ2n) is 4.63. The molecule has 2 heterocycles. The van der Waals surface area contributed by atoms with Crippen molar-refractivity contribution in [1.29, 1.82) is 0 Å². The van der Waals surface area contributed by atoms with E-state index in [9.17, 15) is 13.2 Å². The van der Waals surface area contributed by atoms with Crippen molar-refractivity contribution in [2.75, 3.05) is 13.4 Å². The molecule has 0 saturated carbocycles. The maximum atomic E-state index is 13.2. The first-order valence-corrected chi connectivity index (χ1v) is 8.52. The fourth-order valence-corrected chi connectivity index (χ4v) is 3.51. The number of ether oxygens (including phenoxy) is 1. The van der Waals surface area contributed by atoms with Crippen LogP contribution in [0.4, 0.5) is 13.2 Å². The van der Waals surface area contributed by atoms with Crippen LogP contribution >= 0.6 is 23.1 Å². The van der Waals surface area contributed by atoms with Gasteiger partial charge in [0.25, 0.3) is 0 Å². The standard InChI is InChI=1S/C15H11F3N2OS2/c1-21-9-3-4-11-8(5-9)6-12(23-11)13-10(15(16,17)18)7-19-14(20-13)22-2/h3-7H,1-2H3. The number of hydrogen-bond acceptors (Lipinski definition) is 5. The molecule has 0 N–H and O–H groups in total. The average Bonchev–Trinajstić information content (AvgIpc) is 2.96. The van der Waals surface area contributed by atoms with Crippen molar-refractivity contribution in [1.82, 2.24) is 9.97 Å². The van der Waals surface area contributed by atoms with Crippen LogP contribution in [0.15, 0.2) is 35.6 Å². The number of thioether (sulfide) groups is 1. The highest BCUT2D eigenvalue weighted by Gasteiger charge is 2.35. The summed E-state index contributed by atoms with van der Waals surface area (Å²) in [5.41, 5.74) is -0.911. The molecule has 3 aromatic rings. The second kappa shape index (κ2) is 6.01. The zero-order valence-corrected chi connectivity index (χ0v) is 13.8. The first-order chi connectivity index (χ1) is 10.9. The van der Waals surface area contributed by atoms with Crippen LogP contribution in [-0.2, 0) is 6.18 Å². The SMILES string of the molecule is COc1ccc2sc(-c3nc(SC)ncc3C(F)(F)F)cc2c1. The van der Waals surface area contributed by atoms with Crippen molar-refractivity contribution < 1.29 is 17.9 Å². The van der Waals surface area contributed by atoms with Gasteiger partial charge in [0, 0.05) is 10.9 Å². The number of halogens is 3. The van der Waals surface area contributed by atoms with Gasteiger partial charge in [-0.3, -0.25) is 0 Å². The lowest BCUT2D eigenvalue weighted by molar-refractivity contribution is -0.137. The number of methoxy groups -OCH3 is 1. The predicted octanol–water partition coefficient (Wildman–Crippen LogP) is 5.11. The van der Waals surface area contributed by atoms with Crippen molar-refractivity contribution in [3.63, 3.8) is 0 Å². The Morgan fingerprint density at radius 3 is 2.65 bits per heavy atom. The van der Waals surface area contributed by atoms with Crippen LogP contribution in [0.25, 0.3) is 20.7 Å². The Morgan fingerprint density at radius 2 is 2.00 bits per heavy atom. The third kappa shape index (κ3) is 3.13. The summed E-state index contributed by atoms with van der Waals surface area (Å²) in [5.74, 6) is 0.658. The molecule has 0 saturated heterocycles. The average molecular weight is 356 g/mol. The molecule has 0 aliphatic rings. The summed E-state index contributed by atoms with van der Waals surface area (Å²) in [5, 5.41) is 1.13. The summed E-state index contributed by atoms with van der Waals surface area (Å²) >= 11 is 2.47. The Morgan fingerprint density at radius 1 is 1.22 bits per heavy atom. The molecule has 0 bridgehead atoms. The smallest absolute Gasteiger partial charge is 0.420 e. The largest absolute Gasteiger partial charge is 0.497 e. The number of rotatable bonds is 3. The predicted molar refractivity (Wildman–Crippen MR) is 86.2 cm³/mol. The van der Waals surface area contributed by atoms with Gasteiger partial charge in [-0.2, -0.15) is 13.2 Å². The summed E-state index contributed by atoms with van der Waals surface area (Å²) in [4.78, 5) is 8.28. The minimum Gasteiger partial charge on any atom is -0.497 e. The third-order valence-electron chi connectivity index (χ3n) is 3.21. The van der Waals surface area contributed by atoms with E-state index in [0.29, 0.717) is 15.8 Å². The number of hydrogen-bond donors (Lipinski definition) is 0. The van der Waals surface area contributed by atoms with E-state index in [1.54, 1.807) is 31.6 Å². The molecule has 0 atom stereocenters. The summed E-state index contributed by atoms with van der Waals surface area (Å²) in [6, 6.07) is 7.09. The van der Waals surface area contributed by atoms with E-state index in [-0.39, 0.29) is 5.69 Å². The molecular weight excluding hydrogens is 345 g/mol. The van der Waals surface area contributed by atoms with Gasteiger partial charge in [0.2, 0.25) is 0 Å². The fraction of sp³-hybridized carbons (Fsp3) is 0.200. The van der Waals surface area contributed by atoms with Crippen LogP contribution in [0.5, 0.6) is 5.75 Å². The zero-order valence-electron chi connectivity index (χ0n) is 12.1. The maximum absolute atomic E-state index is 13.2. The molecule has 2 aromatic heterocycles. The topological polar surface area (TPSA) is 35.0 Å². The number of alkyl halides is 3. The van der Waals surface area contributed by atoms with E-state index in [0.717, 1.165) is 16.3 Å². The Balaban J connectivity index is 2.20. The van der Waals surface area contributed by atoms with E-state index in [1.807, 2.05) is 6.07 Å². The van der Waals surface area contributed by atoms with Gasteiger partial charge in [-0.05, 0) is 35.9 Å². The van der Waals surface area contributed by atoms with Gasteiger partial charge < -0.3 is 4.74 Å². The van der Waals surface area contributed by atoms with E-state index in [4.69, 9.17) is 4.74 Å². The third-order valence-corrected chi connectivity index (χ3v) is 4.90. The van der Waals surface area contributed by atoms with Crippen molar-refractivity contribution in [3.8, 4) is 16.3 Å². The molecule has 0 fully saturated rings. The van der Waals surface area contributed by atoms with Crippen LogP contribution in [0.2, 0.25) is 0 Å². The lowest BCUT2D eigenvalue weighted by Crippen LogP contribution is -2.09. The van der Waals surface area contributed by atoms with Gasteiger partial charge in [-0.25, -0.2) is 9.97 Å². The molecule has 0 spiro atoms. The second-order valence-corrected chi connectivity index (χ2v) is 6.49. The van der Waals surface area contributed by atoms with Gasteiger partial charge in [-0.15, -0.1) is 11.3 Å². The molecule has 8 heteroatoms. The molecule has 0 aliphatic heterocycles. The van der Waals surface area contributed by atoms with Gasteiger partial charge in [0.1, 0.15) is 11.3 Å². The minimum absolute atomic E-state index is 0.0861. The Labute approximate surface area is 138 Å². The van der Waals surface area contributed by atoms with Crippen LogP contribution in [-0.4, -0.2) is 23.3 Å². The molecule has 23 heavy (non-hydrogen) atoms. The van der Waals surface area contributed by atoms with Crippen LogP contribution in [0, 0.1) is 0 Å². The highest BCUT2D eigenvalue weighted by Crippen LogP contribution is 2.41. The summed E-state index contributed by atoms with van der Waals surface area (Å²) < 4.78 is 45.7. The number of nitrogens with zero attached hydrogens (tertiary/aromatic N) is 2. The summed E-state index contributed by atoms with van der Waals surface area (Å²) in [6.45, 7) is 0. The molecule has 3 nitrogen and oxygen atoms in total. The molecule has 0 unspecified atom stereocenters. The van der Waals surface area contributed by atoms with Gasteiger partial charge in [-0.1, -0.05) is 11.8 Å². The van der Waals surface area contributed by atoms with Gasteiger partial charge in [0.05, 0.1) is 17.7 Å². The van der Waals surface area contributed by atoms with Crippen molar-refractivity contribution in [2.24, 2.45) is 0 Å². The highest BCUT2D eigenvalue weighted by molar-refractivity contribution is 7.98. The summed E-state index contributed by atoms with van der Waals surface area (Å²) in [6.07, 6.45) is -1.93. The number of fused-ring (bicyclic) bond motifs is 1. The van der Waals surface area contributed by atoms with E-state index in [2.05, 4.69) is 9.97 Å². The Hall–Kier alpha value is -1.80. The first kappa shape index (κ1) is 16.1. The van der Waals surface area contributed by atoms with E-state index in [1.165, 1.54) is 23.1 Å². The Bertz CT molecular complexity index is 862. The van der Waals surface area contributed by atoms with Crippen molar-refractivity contribution in [2.45, 2.75) is 11.3 Å². The highest BCUT2D eigenvalue weighted by atomic mass is 32.2. The van der Waals surface area contributed by atoms with Gasteiger partial charge >= 0.3 is 6.18 Å². The lowest BCUT2D eigenvalue weighted by atomic mass is 10.1. The molecule has 0 amide bonds. The molecule has 0 aliphatic carbocycles. The molecule has 3 rings (SSSR count). The fourth-order valence-electron chi connectivity index (χ4n) is 2.12. The van der Waals surface area contributed by atoms with Crippen molar-refractivity contribution >= 4 is 33.2 Å². The lowest BCUT2D eigenvalue weighted by Gasteiger charge is -2.10. The number of aromatic nitrogens is 2. The van der Waals surface area contributed by atoms with Crippen LogP contribution in [0.1, 0.15) is 5.56 Å². The first-order valence-electron chi connectivity index (χ1n) is 6.48. The minimum atomic E-state index is -4.50. The maximum Gasteiger partial charge on any atom is 0.420 e. The molecule has 120 valence electrons. The van der Waals surface area contributed by atoms with Gasteiger partial charge in [0.15, 0.2) is 5.16 Å². The van der Waals surface area contributed by atoms with E-state index < -0.39 is 11.7 Å².